The zero-order chi connectivity index (χ0) is 9.90. The molecule has 0 amide bonds. The molecule has 0 aliphatic rings. The lowest BCUT2D eigenvalue weighted by molar-refractivity contribution is 0.681. The van der Waals surface area contributed by atoms with E-state index in [2.05, 4.69) is 20.3 Å². The van der Waals surface area contributed by atoms with E-state index >= 15 is 0 Å². The molecule has 0 bridgehead atoms. The fourth-order valence-corrected chi connectivity index (χ4v) is 1.99. The number of nitrogens with zero attached hydrogens (tertiary/aromatic N) is 1. The summed E-state index contributed by atoms with van der Waals surface area (Å²) in [6.45, 7) is 1.88. The lowest BCUT2D eigenvalue weighted by Gasteiger charge is -2.01. The van der Waals surface area contributed by atoms with Crippen molar-refractivity contribution in [3.63, 3.8) is 0 Å². The van der Waals surface area contributed by atoms with Gasteiger partial charge in [0, 0.05) is 26.2 Å². The third kappa shape index (κ3) is 3.12. The Hall–Kier alpha value is -0.350. The average Bonchev–Trinajstić information content (AvgIpc) is 2.09. The molecule has 0 N–H and O–H groups in total. The van der Waals surface area contributed by atoms with Gasteiger partial charge in [-0.25, -0.2) is 4.21 Å². The topological polar surface area (TPSA) is 29.4 Å². The van der Waals surface area contributed by atoms with E-state index in [1.165, 1.54) is 0 Å². The lowest BCUT2D eigenvalue weighted by Crippen LogP contribution is -1.97. The van der Waals surface area contributed by atoms with Crippen LogP contribution in [0.15, 0.2) is 33.1 Å². The van der Waals surface area contributed by atoms with Crippen LogP contribution in [0, 0.1) is 0 Å². The maximum atomic E-state index is 11.7. The van der Waals surface area contributed by atoms with Crippen LogP contribution in [0.25, 0.3) is 0 Å². The van der Waals surface area contributed by atoms with Crippen LogP contribution in [0.3, 0.4) is 0 Å². The molecule has 13 heavy (non-hydrogen) atoms. The Kier molecular flexibility index (Phi) is 3.50. The van der Waals surface area contributed by atoms with Crippen LogP contribution in [0.4, 0.5) is 5.69 Å². The van der Waals surface area contributed by atoms with Gasteiger partial charge in [-0.15, -0.1) is 0 Å². The summed E-state index contributed by atoms with van der Waals surface area (Å²) in [6.07, 6.45) is 1.67. The van der Waals surface area contributed by atoms with Crippen LogP contribution in [-0.4, -0.2) is 16.2 Å². The summed E-state index contributed by atoms with van der Waals surface area (Å²) in [7, 11) is -2.05. The largest absolute Gasteiger partial charge is 0.250 e. The third-order valence-corrected chi connectivity index (χ3v) is 4.00. The van der Waals surface area contributed by atoms with Crippen molar-refractivity contribution in [1.82, 2.24) is 0 Å². The first kappa shape index (κ1) is 10.7. The fourth-order valence-electron chi connectivity index (χ4n) is 0.798. The summed E-state index contributed by atoms with van der Waals surface area (Å²) in [6, 6.07) is 7.54. The molecule has 2 nitrogen and oxygen atoms in total. The van der Waals surface area contributed by atoms with Crippen LogP contribution in [0.1, 0.15) is 6.92 Å². The van der Waals surface area contributed by atoms with Gasteiger partial charge in [0.25, 0.3) is 0 Å². The van der Waals surface area contributed by atoms with E-state index < -0.39 is 9.73 Å². The average molecular weight is 262 g/mol. The number of rotatable bonds is 2. The summed E-state index contributed by atoms with van der Waals surface area (Å²) in [5.74, 6) is 0.578. The summed E-state index contributed by atoms with van der Waals surface area (Å²) >= 11 is 3.36. The molecule has 0 radical (unpaired) electrons. The van der Waals surface area contributed by atoms with Crippen LogP contribution in [0.5, 0.6) is 0 Å². The minimum Gasteiger partial charge on any atom is -0.250 e. The number of hydrogen-bond donors (Lipinski definition) is 0. The van der Waals surface area contributed by atoms with E-state index in [0.717, 1.165) is 10.2 Å². The highest BCUT2D eigenvalue weighted by molar-refractivity contribution is 9.10. The Bertz CT molecular complexity index is 408. The van der Waals surface area contributed by atoms with E-state index in [1.807, 2.05) is 31.2 Å². The van der Waals surface area contributed by atoms with Gasteiger partial charge in [-0.05, 0) is 28.1 Å². The van der Waals surface area contributed by atoms with Crippen molar-refractivity contribution in [2.75, 3.05) is 12.0 Å². The molecule has 0 unspecified atom stereocenters. The molecule has 0 fully saturated rings. The van der Waals surface area contributed by atoms with Gasteiger partial charge in [0.05, 0.1) is 5.69 Å². The maximum Gasteiger partial charge on any atom is 0.0872 e. The van der Waals surface area contributed by atoms with Gasteiger partial charge in [-0.2, -0.15) is 4.36 Å². The fraction of sp³-hybridized carbons (Fsp3) is 0.333. The highest BCUT2D eigenvalue weighted by Crippen LogP contribution is 2.25. The zero-order valence-electron chi connectivity index (χ0n) is 7.66. The first-order valence-corrected chi connectivity index (χ1v) is 6.88. The van der Waals surface area contributed by atoms with Crippen LogP contribution in [0.2, 0.25) is 0 Å². The Morgan fingerprint density at radius 1 is 1.46 bits per heavy atom. The standard InChI is InChI=1S/C9H12BrNOS/c1-3-13(2,12)11-9-7-5-4-6-8(9)10/h4-7H,3H2,1-2H3/t13-/m0/s1. The van der Waals surface area contributed by atoms with Crippen molar-refractivity contribution < 1.29 is 4.21 Å². The number of benzene rings is 1. The molecule has 0 saturated heterocycles. The third-order valence-electron chi connectivity index (χ3n) is 1.68. The Labute approximate surface area is 87.7 Å². The maximum absolute atomic E-state index is 11.7. The Morgan fingerprint density at radius 3 is 2.62 bits per heavy atom. The van der Waals surface area contributed by atoms with E-state index in [1.54, 1.807) is 6.26 Å². The summed E-state index contributed by atoms with van der Waals surface area (Å²) < 4.78 is 16.8. The van der Waals surface area contributed by atoms with Gasteiger partial charge in [0.2, 0.25) is 0 Å². The van der Waals surface area contributed by atoms with Crippen molar-refractivity contribution in [3.05, 3.63) is 28.7 Å². The quantitative estimate of drug-likeness (QED) is 0.804. The van der Waals surface area contributed by atoms with Gasteiger partial charge in [0.15, 0.2) is 0 Å². The molecule has 1 aromatic carbocycles. The first-order valence-electron chi connectivity index (χ1n) is 3.99. The van der Waals surface area contributed by atoms with Gasteiger partial charge in [-0.3, -0.25) is 0 Å². The predicted molar refractivity (Wildman–Crippen MR) is 60.8 cm³/mol. The zero-order valence-corrected chi connectivity index (χ0v) is 10.1. The van der Waals surface area contributed by atoms with E-state index in [0.29, 0.717) is 5.75 Å². The Morgan fingerprint density at radius 2 is 2.08 bits per heavy atom. The van der Waals surface area contributed by atoms with Crippen LogP contribution in [-0.2, 0) is 9.73 Å². The molecule has 0 spiro atoms. The number of halogens is 1. The lowest BCUT2D eigenvalue weighted by atomic mass is 10.3. The van der Waals surface area contributed by atoms with Crippen LogP contribution < -0.4 is 0 Å². The second kappa shape index (κ2) is 4.24. The summed E-state index contributed by atoms with van der Waals surface area (Å²) in [4.78, 5) is 0. The van der Waals surface area contributed by atoms with Crippen molar-refractivity contribution >= 4 is 31.3 Å². The SMILES string of the molecule is CC[S@](C)(=O)=Nc1ccccc1Br. The molecule has 0 heterocycles. The van der Waals surface area contributed by atoms with Gasteiger partial charge in [0.1, 0.15) is 0 Å². The molecule has 4 heteroatoms. The Balaban J connectivity index is 3.19. The molecule has 0 aliphatic heterocycles. The molecule has 1 atom stereocenters. The predicted octanol–water partition coefficient (Wildman–Crippen LogP) is 3.20. The molecular weight excluding hydrogens is 250 g/mol. The molecular formula is C9H12BrNOS. The minimum absolute atomic E-state index is 0.578. The summed E-state index contributed by atoms with van der Waals surface area (Å²) in [5.41, 5.74) is 0.761. The van der Waals surface area contributed by atoms with Crippen molar-refractivity contribution in [2.45, 2.75) is 6.92 Å². The van der Waals surface area contributed by atoms with Gasteiger partial charge >= 0.3 is 0 Å². The van der Waals surface area contributed by atoms with Gasteiger partial charge in [-0.1, -0.05) is 19.1 Å². The van der Waals surface area contributed by atoms with E-state index in [9.17, 15) is 4.21 Å². The smallest absolute Gasteiger partial charge is 0.0872 e. The van der Waals surface area contributed by atoms with Crippen molar-refractivity contribution in [3.8, 4) is 0 Å². The molecule has 0 aliphatic carbocycles. The monoisotopic (exact) mass is 261 g/mol. The molecule has 1 aromatic rings. The molecule has 1 rings (SSSR count). The van der Waals surface area contributed by atoms with Crippen molar-refractivity contribution in [2.24, 2.45) is 4.36 Å². The second-order valence-electron chi connectivity index (χ2n) is 2.79. The molecule has 0 saturated carbocycles. The number of hydrogen-bond acceptors (Lipinski definition) is 2. The van der Waals surface area contributed by atoms with Gasteiger partial charge < -0.3 is 0 Å². The van der Waals surface area contributed by atoms with Crippen molar-refractivity contribution in [1.29, 1.82) is 0 Å². The highest BCUT2D eigenvalue weighted by Gasteiger charge is 2.00. The second-order valence-corrected chi connectivity index (χ2v) is 6.32. The van der Waals surface area contributed by atoms with Crippen LogP contribution >= 0.6 is 15.9 Å². The van der Waals surface area contributed by atoms with E-state index in [-0.39, 0.29) is 0 Å². The minimum atomic E-state index is -2.05. The normalized spacial score (nSPS) is 15.0. The first-order chi connectivity index (χ1) is 6.05. The summed E-state index contributed by atoms with van der Waals surface area (Å²) in [5, 5.41) is 0. The molecule has 0 aromatic heterocycles. The molecule has 72 valence electrons. The highest BCUT2D eigenvalue weighted by atomic mass is 79.9. The van der Waals surface area contributed by atoms with E-state index in [4.69, 9.17) is 0 Å².